The minimum absolute atomic E-state index is 0.00362. The van der Waals surface area contributed by atoms with Gasteiger partial charge in [0.05, 0.1) is 15.9 Å². The molecule has 0 aliphatic carbocycles. The van der Waals surface area contributed by atoms with Gasteiger partial charge in [0, 0.05) is 13.0 Å². The molecule has 0 saturated heterocycles. The molecule has 148 valence electrons. The summed E-state index contributed by atoms with van der Waals surface area (Å²) in [4.78, 5) is 19.5. The molecule has 0 fully saturated rings. The first-order valence-electron chi connectivity index (χ1n) is 9.00. The zero-order valence-corrected chi connectivity index (χ0v) is 16.9. The number of nitrogens with zero attached hydrogens (tertiary/aromatic N) is 1. The molecule has 0 unspecified atom stereocenters. The third-order valence-electron chi connectivity index (χ3n) is 4.32. The Bertz CT molecular complexity index is 1050. The van der Waals surface area contributed by atoms with Crippen LogP contribution in [0, 0.1) is 0 Å². The van der Waals surface area contributed by atoms with Gasteiger partial charge in [-0.05, 0) is 35.2 Å². The monoisotopic (exact) mass is 400 g/mol. The number of aromatic nitrogens is 2. The Morgan fingerprint density at radius 2 is 1.75 bits per heavy atom. The molecule has 3 aromatic rings. The van der Waals surface area contributed by atoms with Crippen molar-refractivity contribution in [2.45, 2.75) is 37.5 Å². The highest BCUT2D eigenvalue weighted by molar-refractivity contribution is 7.89. The molecule has 0 radical (unpaired) electrons. The van der Waals surface area contributed by atoms with Crippen LogP contribution in [0.4, 0.5) is 5.95 Å². The molecule has 1 heterocycles. The Morgan fingerprint density at radius 1 is 1.07 bits per heavy atom. The first-order valence-corrected chi connectivity index (χ1v) is 10.5. The average Bonchev–Trinajstić information content (AvgIpc) is 3.03. The number of benzene rings is 2. The molecule has 1 aromatic heterocycles. The van der Waals surface area contributed by atoms with E-state index in [1.807, 2.05) is 36.4 Å². The lowest BCUT2D eigenvalue weighted by molar-refractivity contribution is -0.116. The van der Waals surface area contributed by atoms with Gasteiger partial charge in [0.25, 0.3) is 0 Å². The second kappa shape index (κ2) is 7.73. The molecule has 0 atom stereocenters. The van der Waals surface area contributed by atoms with Gasteiger partial charge >= 0.3 is 0 Å². The molecule has 0 aliphatic rings. The number of aromatic amines is 1. The number of hydrogen-bond acceptors (Lipinski definition) is 4. The van der Waals surface area contributed by atoms with Crippen LogP contribution in [0.15, 0.2) is 53.4 Å². The molecule has 0 bridgehead atoms. The van der Waals surface area contributed by atoms with Gasteiger partial charge < -0.3 is 4.98 Å². The first kappa shape index (κ1) is 20.0. The standard InChI is InChI=1S/C20H24N4O3S/c1-20(2,3)14-8-10-15(11-9-14)28(26,27)21-13-12-18(25)24-19-22-16-6-4-5-7-17(16)23-19/h4-11,21H,12-13H2,1-3H3,(H2,22,23,24,25). The fourth-order valence-corrected chi connectivity index (χ4v) is 3.75. The van der Waals surface area contributed by atoms with E-state index in [1.54, 1.807) is 12.1 Å². The number of para-hydroxylation sites is 2. The second-order valence-corrected chi connectivity index (χ2v) is 9.34. The van der Waals surface area contributed by atoms with E-state index in [2.05, 4.69) is 40.8 Å². The predicted octanol–water partition coefficient (Wildman–Crippen LogP) is 3.17. The topological polar surface area (TPSA) is 104 Å². The Morgan fingerprint density at radius 3 is 2.39 bits per heavy atom. The molecule has 0 spiro atoms. The van der Waals surface area contributed by atoms with Crippen molar-refractivity contribution in [2.75, 3.05) is 11.9 Å². The third kappa shape index (κ3) is 4.76. The van der Waals surface area contributed by atoms with E-state index in [0.717, 1.165) is 16.6 Å². The molecule has 7 nitrogen and oxygen atoms in total. The minimum Gasteiger partial charge on any atom is -0.324 e. The van der Waals surface area contributed by atoms with Crippen LogP contribution in [0.5, 0.6) is 0 Å². The molecule has 0 saturated carbocycles. The number of fused-ring (bicyclic) bond motifs is 1. The van der Waals surface area contributed by atoms with Crippen molar-refractivity contribution in [3.05, 3.63) is 54.1 Å². The lowest BCUT2D eigenvalue weighted by Gasteiger charge is -2.19. The number of hydrogen-bond donors (Lipinski definition) is 3. The zero-order valence-electron chi connectivity index (χ0n) is 16.1. The second-order valence-electron chi connectivity index (χ2n) is 7.57. The molecule has 8 heteroatoms. The Hall–Kier alpha value is -2.71. The summed E-state index contributed by atoms with van der Waals surface area (Å²) in [5.74, 6) is 0.0108. The quantitative estimate of drug-likeness (QED) is 0.591. The number of rotatable bonds is 6. The van der Waals surface area contributed by atoms with E-state index < -0.39 is 10.0 Å². The summed E-state index contributed by atoms with van der Waals surface area (Å²) in [6.07, 6.45) is -0.00362. The van der Waals surface area contributed by atoms with Crippen molar-refractivity contribution in [1.29, 1.82) is 0 Å². The first-order chi connectivity index (χ1) is 13.1. The summed E-state index contributed by atoms with van der Waals surface area (Å²) in [5.41, 5.74) is 2.57. The summed E-state index contributed by atoms with van der Waals surface area (Å²) in [5, 5.41) is 2.64. The van der Waals surface area contributed by atoms with E-state index >= 15 is 0 Å². The third-order valence-corrected chi connectivity index (χ3v) is 5.80. The number of amides is 1. The lowest BCUT2D eigenvalue weighted by atomic mass is 9.87. The Balaban J connectivity index is 1.55. The van der Waals surface area contributed by atoms with Crippen LogP contribution in [0.3, 0.4) is 0 Å². The van der Waals surface area contributed by atoms with Gasteiger partial charge in [-0.25, -0.2) is 18.1 Å². The Kier molecular flexibility index (Phi) is 5.53. The number of H-pyrrole nitrogens is 1. The van der Waals surface area contributed by atoms with E-state index in [0.29, 0.717) is 5.95 Å². The van der Waals surface area contributed by atoms with Crippen LogP contribution >= 0.6 is 0 Å². The minimum atomic E-state index is -3.67. The van der Waals surface area contributed by atoms with Gasteiger partial charge in [-0.1, -0.05) is 45.0 Å². The molecule has 2 aromatic carbocycles. The maximum atomic E-state index is 12.4. The van der Waals surface area contributed by atoms with Gasteiger partial charge in [0.2, 0.25) is 21.9 Å². The highest BCUT2D eigenvalue weighted by atomic mass is 32.2. The van der Waals surface area contributed by atoms with Crippen LogP contribution in [0.1, 0.15) is 32.8 Å². The average molecular weight is 401 g/mol. The summed E-state index contributed by atoms with van der Waals surface area (Å²) >= 11 is 0. The Labute approximate surface area is 164 Å². The van der Waals surface area contributed by atoms with Gasteiger partial charge in [-0.2, -0.15) is 0 Å². The van der Waals surface area contributed by atoms with Crippen molar-refractivity contribution in [1.82, 2.24) is 14.7 Å². The van der Waals surface area contributed by atoms with Crippen molar-refractivity contribution in [3.63, 3.8) is 0 Å². The van der Waals surface area contributed by atoms with Crippen molar-refractivity contribution < 1.29 is 13.2 Å². The SMILES string of the molecule is CC(C)(C)c1ccc(S(=O)(=O)NCCC(=O)Nc2nc3ccccc3[nH]2)cc1. The maximum absolute atomic E-state index is 12.4. The number of carbonyl (C=O) groups is 1. The van der Waals surface area contributed by atoms with E-state index in [1.165, 1.54) is 0 Å². The highest BCUT2D eigenvalue weighted by Gasteiger charge is 2.17. The molecule has 28 heavy (non-hydrogen) atoms. The number of carbonyl (C=O) groups excluding carboxylic acids is 1. The zero-order chi connectivity index (χ0) is 20.4. The fourth-order valence-electron chi connectivity index (χ4n) is 2.72. The summed E-state index contributed by atoms with van der Waals surface area (Å²) in [6.45, 7) is 6.19. The smallest absolute Gasteiger partial charge is 0.240 e. The number of imidazole rings is 1. The fraction of sp³-hybridized carbons (Fsp3) is 0.300. The summed E-state index contributed by atoms with van der Waals surface area (Å²) < 4.78 is 27.2. The van der Waals surface area contributed by atoms with Gasteiger partial charge in [-0.15, -0.1) is 0 Å². The lowest BCUT2D eigenvalue weighted by Crippen LogP contribution is -2.28. The van der Waals surface area contributed by atoms with Crippen molar-refractivity contribution in [3.8, 4) is 0 Å². The maximum Gasteiger partial charge on any atom is 0.240 e. The van der Waals surface area contributed by atoms with Crippen LogP contribution in [-0.2, 0) is 20.2 Å². The summed E-state index contributed by atoms with van der Waals surface area (Å²) in [7, 11) is -3.67. The van der Waals surface area contributed by atoms with Crippen molar-refractivity contribution >= 4 is 32.9 Å². The van der Waals surface area contributed by atoms with E-state index in [-0.39, 0.29) is 29.2 Å². The normalized spacial score (nSPS) is 12.2. The molecular weight excluding hydrogens is 376 g/mol. The van der Waals surface area contributed by atoms with Gasteiger partial charge in [0.15, 0.2) is 0 Å². The highest BCUT2D eigenvalue weighted by Crippen LogP contribution is 2.23. The predicted molar refractivity (Wildman–Crippen MR) is 110 cm³/mol. The number of nitrogens with one attached hydrogen (secondary N) is 3. The van der Waals surface area contributed by atoms with E-state index in [9.17, 15) is 13.2 Å². The van der Waals surface area contributed by atoms with Crippen LogP contribution in [-0.4, -0.2) is 30.8 Å². The van der Waals surface area contributed by atoms with Crippen molar-refractivity contribution in [2.24, 2.45) is 0 Å². The van der Waals surface area contributed by atoms with Crippen LogP contribution in [0.2, 0.25) is 0 Å². The number of anilines is 1. The van der Waals surface area contributed by atoms with Gasteiger partial charge in [-0.3, -0.25) is 10.1 Å². The largest absolute Gasteiger partial charge is 0.324 e. The van der Waals surface area contributed by atoms with E-state index in [4.69, 9.17) is 0 Å². The molecule has 1 amide bonds. The molecular formula is C20H24N4O3S. The molecule has 3 N–H and O–H groups in total. The summed E-state index contributed by atoms with van der Waals surface area (Å²) in [6, 6.07) is 14.2. The number of sulfonamides is 1. The van der Waals surface area contributed by atoms with Crippen LogP contribution in [0.25, 0.3) is 11.0 Å². The van der Waals surface area contributed by atoms with Crippen LogP contribution < -0.4 is 10.0 Å². The molecule has 0 aliphatic heterocycles. The molecule has 3 rings (SSSR count). The van der Waals surface area contributed by atoms with Gasteiger partial charge in [0.1, 0.15) is 0 Å².